The van der Waals surface area contributed by atoms with Crippen molar-refractivity contribution in [2.75, 3.05) is 0 Å². The molecule has 0 aliphatic rings. The number of aliphatic carboxylic acids is 1. The molecule has 0 fully saturated rings. The van der Waals surface area contributed by atoms with Crippen LogP contribution < -0.4 is 5.73 Å². The van der Waals surface area contributed by atoms with Gasteiger partial charge in [-0.1, -0.05) is 0 Å². The molecule has 0 aliphatic carbocycles. The third kappa shape index (κ3) is 2.73. The normalized spacial score (nSPS) is 10.8. The summed E-state index contributed by atoms with van der Waals surface area (Å²) in [7, 11) is 0. The summed E-state index contributed by atoms with van der Waals surface area (Å²) in [4.78, 5) is 14.4. The summed E-state index contributed by atoms with van der Waals surface area (Å²) in [5, 5.41) is 8.61. The molecule has 0 amide bonds. The maximum absolute atomic E-state index is 12.6. The number of nitrogens with two attached hydrogens (primary N) is 1. The van der Waals surface area contributed by atoms with E-state index in [0.29, 0.717) is 5.56 Å². The topological polar surface area (TPSA) is 76.2 Å². The third-order valence-electron chi connectivity index (χ3n) is 2.18. The Morgan fingerprint density at radius 1 is 1.56 bits per heavy atom. The number of hydrogen-bond donors (Lipinski definition) is 2. The fraction of sp³-hybridized carbons (Fsp3) is 0.400. The number of carboxylic acid groups (broad SMARTS) is 1. The highest BCUT2D eigenvalue weighted by Gasteiger charge is 2.17. The van der Waals surface area contributed by atoms with Gasteiger partial charge in [0.2, 0.25) is 0 Å². The van der Waals surface area contributed by atoms with Crippen LogP contribution in [0.3, 0.4) is 0 Å². The molecular weight excluding hydrogens is 218 g/mol. The fourth-order valence-electron chi connectivity index (χ4n) is 1.39. The molecule has 6 heteroatoms. The molecule has 1 aromatic heterocycles. The maximum Gasteiger partial charge on any atom is 0.309 e. The third-order valence-corrected chi connectivity index (χ3v) is 2.18. The first kappa shape index (κ1) is 12.5. The largest absolute Gasteiger partial charge is 0.481 e. The summed E-state index contributed by atoms with van der Waals surface area (Å²) in [6.07, 6.45) is -2.94. The van der Waals surface area contributed by atoms with Crippen LogP contribution in [0.15, 0.2) is 6.07 Å². The van der Waals surface area contributed by atoms with E-state index in [0.717, 1.165) is 0 Å². The minimum atomic E-state index is -2.65. The van der Waals surface area contributed by atoms with Gasteiger partial charge in [-0.25, -0.2) is 8.78 Å². The molecule has 1 heterocycles. The molecular formula is C10H12F2N2O2. The minimum Gasteiger partial charge on any atom is -0.481 e. The molecule has 0 aliphatic heterocycles. The minimum absolute atomic E-state index is 0.0526. The van der Waals surface area contributed by atoms with Crippen LogP contribution in [0.5, 0.6) is 0 Å². The van der Waals surface area contributed by atoms with E-state index < -0.39 is 12.4 Å². The monoisotopic (exact) mass is 230 g/mol. The Morgan fingerprint density at radius 3 is 2.62 bits per heavy atom. The predicted octanol–water partition coefficient (Wildman–Crippen LogP) is 1.41. The van der Waals surface area contributed by atoms with Gasteiger partial charge in [-0.2, -0.15) is 0 Å². The molecule has 0 radical (unpaired) electrons. The van der Waals surface area contributed by atoms with Gasteiger partial charge in [0, 0.05) is 12.1 Å². The number of rotatable bonds is 4. The van der Waals surface area contributed by atoms with Gasteiger partial charge in [-0.05, 0) is 18.6 Å². The van der Waals surface area contributed by atoms with E-state index >= 15 is 0 Å². The van der Waals surface area contributed by atoms with Gasteiger partial charge in [-0.3, -0.25) is 9.78 Å². The number of carbonyl (C=O) groups is 1. The zero-order valence-electron chi connectivity index (χ0n) is 8.70. The number of alkyl halides is 2. The van der Waals surface area contributed by atoms with Gasteiger partial charge in [-0.15, -0.1) is 0 Å². The van der Waals surface area contributed by atoms with Crippen molar-refractivity contribution in [3.05, 3.63) is 28.6 Å². The van der Waals surface area contributed by atoms with Crippen LogP contribution in [0.25, 0.3) is 0 Å². The van der Waals surface area contributed by atoms with Crippen LogP contribution in [0.4, 0.5) is 8.78 Å². The average Bonchev–Trinajstić information content (AvgIpc) is 2.19. The van der Waals surface area contributed by atoms with Crippen molar-refractivity contribution in [2.24, 2.45) is 5.73 Å². The highest BCUT2D eigenvalue weighted by atomic mass is 19.3. The number of aromatic nitrogens is 1. The Bertz CT molecular complexity index is 408. The van der Waals surface area contributed by atoms with E-state index in [-0.39, 0.29) is 29.9 Å². The summed E-state index contributed by atoms with van der Waals surface area (Å²) >= 11 is 0. The summed E-state index contributed by atoms with van der Waals surface area (Å²) in [6, 6.07) is 1.25. The number of halogens is 2. The molecule has 16 heavy (non-hydrogen) atoms. The van der Waals surface area contributed by atoms with Crippen molar-refractivity contribution in [1.29, 1.82) is 0 Å². The molecule has 88 valence electrons. The molecule has 0 saturated heterocycles. The molecule has 0 spiro atoms. The number of carboxylic acids is 1. The second-order valence-corrected chi connectivity index (χ2v) is 3.36. The van der Waals surface area contributed by atoms with Gasteiger partial charge < -0.3 is 10.8 Å². The first-order valence-corrected chi connectivity index (χ1v) is 4.65. The van der Waals surface area contributed by atoms with Crippen molar-refractivity contribution in [3.63, 3.8) is 0 Å². The Balaban J connectivity index is 3.20. The van der Waals surface area contributed by atoms with Crippen molar-refractivity contribution in [2.45, 2.75) is 26.3 Å². The van der Waals surface area contributed by atoms with Crippen LogP contribution in [-0.4, -0.2) is 16.1 Å². The first-order chi connectivity index (χ1) is 7.45. The van der Waals surface area contributed by atoms with Gasteiger partial charge in [0.05, 0.1) is 17.8 Å². The lowest BCUT2D eigenvalue weighted by molar-refractivity contribution is -0.136. The Hall–Kier alpha value is -1.56. The summed E-state index contributed by atoms with van der Waals surface area (Å²) < 4.78 is 25.2. The van der Waals surface area contributed by atoms with E-state index in [1.807, 2.05) is 0 Å². The molecule has 0 aromatic carbocycles. The molecule has 1 rings (SSSR count). The Labute approximate surface area is 91.1 Å². The van der Waals surface area contributed by atoms with Crippen LogP contribution >= 0.6 is 0 Å². The predicted molar refractivity (Wildman–Crippen MR) is 53.2 cm³/mol. The van der Waals surface area contributed by atoms with Crippen LogP contribution in [0.1, 0.15) is 28.9 Å². The lowest BCUT2D eigenvalue weighted by atomic mass is 10.1. The van der Waals surface area contributed by atoms with E-state index in [4.69, 9.17) is 10.8 Å². The summed E-state index contributed by atoms with van der Waals surface area (Å²) in [5.41, 5.74) is 5.83. The lowest BCUT2D eigenvalue weighted by Crippen LogP contribution is -2.11. The second kappa shape index (κ2) is 4.98. The van der Waals surface area contributed by atoms with Crippen LogP contribution in [0, 0.1) is 6.92 Å². The second-order valence-electron chi connectivity index (χ2n) is 3.36. The highest BCUT2D eigenvalue weighted by molar-refractivity contribution is 5.70. The Kier molecular flexibility index (Phi) is 3.89. The van der Waals surface area contributed by atoms with E-state index in [9.17, 15) is 13.6 Å². The molecule has 0 unspecified atom stereocenters. The summed E-state index contributed by atoms with van der Waals surface area (Å²) in [5.74, 6) is -1.05. The van der Waals surface area contributed by atoms with Gasteiger partial charge in [0.1, 0.15) is 0 Å². The quantitative estimate of drug-likeness (QED) is 0.820. The van der Waals surface area contributed by atoms with Crippen molar-refractivity contribution < 1.29 is 18.7 Å². The van der Waals surface area contributed by atoms with Crippen LogP contribution in [-0.2, 0) is 17.8 Å². The zero-order chi connectivity index (χ0) is 12.3. The number of nitrogens with zero attached hydrogens (tertiary/aromatic N) is 1. The van der Waals surface area contributed by atoms with Crippen molar-refractivity contribution >= 4 is 5.97 Å². The van der Waals surface area contributed by atoms with Gasteiger partial charge in [0.25, 0.3) is 6.43 Å². The molecule has 0 atom stereocenters. The highest BCUT2D eigenvalue weighted by Crippen LogP contribution is 2.24. The molecule has 0 bridgehead atoms. The fourth-order valence-corrected chi connectivity index (χ4v) is 1.39. The number of aryl methyl sites for hydroxylation is 1. The van der Waals surface area contributed by atoms with E-state index in [1.54, 1.807) is 6.92 Å². The molecule has 1 aromatic rings. The smallest absolute Gasteiger partial charge is 0.309 e. The lowest BCUT2D eigenvalue weighted by Gasteiger charge is -2.10. The SMILES string of the molecule is Cc1cc(C(F)F)c(CN)nc1CC(=O)O. The molecule has 0 saturated carbocycles. The maximum atomic E-state index is 12.6. The first-order valence-electron chi connectivity index (χ1n) is 4.65. The standard InChI is InChI=1S/C10H12F2N2O2/c1-5-2-6(10(11)12)8(4-13)14-7(5)3-9(15)16/h2,10H,3-4,13H2,1H3,(H,15,16). The molecule has 4 nitrogen and oxygen atoms in total. The van der Waals surface area contributed by atoms with Crippen LogP contribution in [0.2, 0.25) is 0 Å². The van der Waals surface area contributed by atoms with Crippen molar-refractivity contribution in [1.82, 2.24) is 4.98 Å². The van der Waals surface area contributed by atoms with E-state index in [1.165, 1.54) is 6.07 Å². The number of pyridine rings is 1. The van der Waals surface area contributed by atoms with Gasteiger partial charge >= 0.3 is 5.97 Å². The number of hydrogen-bond acceptors (Lipinski definition) is 3. The zero-order valence-corrected chi connectivity index (χ0v) is 8.70. The molecule has 3 N–H and O–H groups in total. The Morgan fingerprint density at radius 2 is 2.19 bits per heavy atom. The van der Waals surface area contributed by atoms with Crippen molar-refractivity contribution in [3.8, 4) is 0 Å². The van der Waals surface area contributed by atoms with E-state index in [2.05, 4.69) is 4.98 Å². The summed E-state index contributed by atoms with van der Waals surface area (Å²) in [6.45, 7) is 1.42. The van der Waals surface area contributed by atoms with Gasteiger partial charge in [0.15, 0.2) is 0 Å². The average molecular weight is 230 g/mol.